The number of para-hydroxylation sites is 1. The number of ketones is 1. The molecular weight excluding hydrogens is 326 g/mol. The summed E-state index contributed by atoms with van der Waals surface area (Å²) in [4.78, 5) is 12.4. The lowest BCUT2D eigenvalue weighted by atomic mass is 10.1. The fraction of sp³-hybridized carbons (Fsp3) is 0.263. The van der Waals surface area contributed by atoms with E-state index in [1.165, 1.54) is 6.07 Å². The predicted octanol–water partition coefficient (Wildman–Crippen LogP) is 4.65. The highest BCUT2D eigenvalue weighted by atomic mass is 35.5. The van der Waals surface area contributed by atoms with E-state index < -0.39 is 0 Å². The van der Waals surface area contributed by atoms with Crippen molar-refractivity contribution in [3.05, 3.63) is 58.6 Å². The van der Waals surface area contributed by atoms with Crippen molar-refractivity contribution in [1.82, 2.24) is 0 Å². The molecule has 0 saturated carbocycles. The minimum Gasteiger partial charge on any atom is -0.493 e. The number of halogens is 1. The first-order valence-electron chi connectivity index (χ1n) is 7.73. The maximum absolute atomic E-state index is 12.4. The summed E-state index contributed by atoms with van der Waals surface area (Å²) >= 11 is 5.85. The number of nitriles is 1. The summed E-state index contributed by atoms with van der Waals surface area (Å²) in [6.45, 7) is 2.47. The van der Waals surface area contributed by atoms with Crippen molar-refractivity contribution in [2.24, 2.45) is 0 Å². The van der Waals surface area contributed by atoms with E-state index in [2.05, 4.69) is 6.92 Å². The van der Waals surface area contributed by atoms with Gasteiger partial charge in [-0.1, -0.05) is 37.1 Å². The standard InChI is InChI=1S/C19H18ClNO3/c1-2-3-10-23-19-7-5-4-6-16(19)17(22)13-24-18-9-8-15(20)11-14(18)12-21/h4-9,11H,2-3,10,13H2,1H3. The summed E-state index contributed by atoms with van der Waals surface area (Å²) in [6, 6.07) is 13.8. The van der Waals surface area contributed by atoms with Crippen LogP contribution < -0.4 is 9.47 Å². The summed E-state index contributed by atoms with van der Waals surface area (Å²) in [6.07, 6.45) is 1.95. The third-order valence-electron chi connectivity index (χ3n) is 3.36. The molecule has 124 valence electrons. The Morgan fingerprint density at radius 2 is 1.96 bits per heavy atom. The van der Waals surface area contributed by atoms with Gasteiger partial charge in [-0.3, -0.25) is 4.79 Å². The maximum atomic E-state index is 12.4. The number of hydrogen-bond acceptors (Lipinski definition) is 4. The molecule has 0 atom stereocenters. The molecule has 0 unspecified atom stereocenters. The third kappa shape index (κ3) is 4.74. The van der Waals surface area contributed by atoms with Gasteiger partial charge in [0, 0.05) is 5.02 Å². The quantitative estimate of drug-likeness (QED) is 0.517. The predicted molar refractivity (Wildman–Crippen MR) is 92.8 cm³/mol. The average molecular weight is 344 g/mol. The molecule has 2 rings (SSSR count). The van der Waals surface area contributed by atoms with Gasteiger partial charge < -0.3 is 9.47 Å². The number of carbonyl (C=O) groups excluding carboxylic acids is 1. The Bertz CT molecular complexity index is 753. The van der Waals surface area contributed by atoms with Gasteiger partial charge in [-0.2, -0.15) is 5.26 Å². The summed E-state index contributed by atoms with van der Waals surface area (Å²) in [7, 11) is 0. The first-order valence-corrected chi connectivity index (χ1v) is 8.11. The van der Waals surface area contributed by atoms with E-state index in [0.717, 1.165) is 12.8 Å². The average Bonchev–Trinajstić information content (AvgIpc) is 2.61. The van der Waals surface area contributed by atoms with Crippen LogP contribution in [0.2, 0.25) is 5.02 Å². The van der Waals surface area contributed by atoms with Crippen LogP contribution in [0.5, 0.6) is 11.5 Å². The number of rotatable bonds is 8. The van der Waals surface area contributed by atoms with Gasteiger partial charge in [0.1, 0.15) is 17.6 Å². The van der Waals surface area contributed by atoms with E-state index in [4.69, 9.17) is 26.3 Å². The lowest BCUT2D eigenvalue weighted by Crippen LogP contribution is -2.14. The Morgan fingerprint density at radius 1 is 1.17 bits per heavy atom. The molecule has 0 fully saturated rings. The Hall–Kier alpha value is -2.51. The summed E-state index contributed by atoms with van der Waals surface area (Å²) in [5, 5.41) is 9.54. The highest BCUT2D eigenvalue weighted by molar-refractivity contribution is 6.30. The molecule has 0 aliphatic heterocycles. The van der Waals surface area contributed by atoms with E-state index in [-0.39, 0.29) is 12.4 Å². The zero-order chi connectivity index (χ0) is 17.4. The summed E-state index contributed by atoms with van der Waals surface area (Å²) in [5.41, 5.74) is 0.767. The van der Waals surface area contributed by atoms with Crippen molar-refractivity contribution in [2.75, 3.05) is 13.2 Å². The molecule has 5 heteroatoms. The number of carbonyl (C=O) groups is 1. The second-order valence-corrected chi connectivity index (χ2v) is 5.60. The first-order chi connectivity index (χ1) is 11.7. The van der Waals surface area contributed by atoms with Crippen molar-refractivity contribution in [2.45, 2.75) is 19.8 Å². The van der Waals surface area contributed by atoms with Crippen molar-refractivity contribution < 1.29 is 14.3 Å². The van der Waals surface area contributed by atoms with E-state index >= 15 is 0 Å². The summed E-state index contributed by atoms with van der Waals surface area (Å²) < 4.78 is 11.2. The zero-order valence-corrected chi connectivity index (χ0v) is 14.2. The lowest BCUT2D eigenvalue weighted by molar-refractivity contribution is 0.0917. The SMILES string of the molecule is CCCCOc1ccccc1C(=O)COc1ccc(Cl)cc1C#N. The number of ether oxygens (including phenoxy) is 2. The van der Waals surface area contributed by atoms with Crippen LogP contribution in [-0.2, 0) is 0 Å². The second kappa shape index (κ2) is 8.95. The normalized spacial score (nSPS) is 10.0. The fourth-order valence-electron chi connectivity index (χ4n) is 2.09. The molecule has 0 saturated heterocycles. The molecule has 0 spiro atoms. The number of benzene rings is 2. The van der Waals surface area contributed by atoms with E-state index in [0.29, 0.717) is 34.3 Å². The van der Waals surface area contributed by atoms with Crippen molar-refractivity contribution in [3.63, 3.8) is 0 Å². The molecule has 0 aliphatic carbocycles. The van der Waals surface area contributed by atoms with Crippen molar-refractivity contribution in [1.29, 1.82) is 5.26 Å². The Labute approximate surface area is 146 Å². The van der Waals surface area contributed by atoms with Crippen LogP contribution in [0.4, 0.5) is 0 Å². The van der Waals surface area contributed by atoms with Gasteiger partial charge in [0.25, 0.3) is 0 Å². The number of Topliss-reactive ketones (excluding diaryl/α,β-unsaturated/α-hetero) is 1. The highest BCUT2D eigenvalue weighted by Crippen LogP contribution is 2.23. The van der Waals surface area contributed by atoms with Crippen LogP contribution in [0.3, 0.4) is 0 Å². The first kappa shape index (κ1) is 17.8. The molecule has 0 bridgehead atoms. The number of unbranched alkanes of at least 4 members (excludes halogenated alkanes) is 1. The van der Waals surface area contributed by atoms with Crippen LogP contribution in [0.1, 0.15) is 35.7 Å². The largest absolute Gasteiger partial charge is 0.493 e. The van der Waals surface area contributed by atoms with Gasteiger partial charge in [-0.05, 0) is 36.8 Å². The third-order valence-corrected chi connectivity index (χ3v) is 3.60. The van der Waals surface area contributed by atoms with Crippen LogP contribution in [0.25, 0.3) is 0 Å². The Morgan fingerprint density at radius 3 is 2.71 bits per heavy atom. The molecule has 2 aromatic carbocycles. The molecule has 0 radical (unpaired) electrons. The van der Waals surface area contributed by atoms with E-state index in [1.807, 2.05) is 12.1 Å². The smallest absolute Gasteiger partial charge is 0.203 e. The molecule has 0 N–H and O–H groups in total. The molecule has 4 nitrogen and oxygen atoms in total. The van der Waals surface area contributed by atoms with Gasteiger partial charge in [0.2, 0.25) is 5.78 Å². The molecule has 0 aromatic heterocycles. The molecule has 0 amide bonds. The van der Waals surface area contributed by atoms with Crippen molar-refractivity contribution in [3.8, 4) is 17.6 Å². The fourth-order valence-corrected chi connectivity index (χ4v) is 2.26. The molecular formula is C19H18ClNO3. The number of nitrogens with zero attached hydrogens (tertiary/aromatic N) is 1. The number of hydrogen-bond donors (Lipinski definition) is 0. The van der Waals surface area contributed by atoms with Crippen LogP contribution in [0.15, 0.2) is 42.5 Å². The molecule has 0 heterocycles. The maximum Gasteiger partial charge on any atom is 0.203 e. The molecule has 24 heavy (non-hydrogen) atoms. The minimum atomic E-state index is -0.207. The Kier molecular flexibility index (Phi) is 6.65. The van der Waals surface area contributed by atoms with Crippen LogP contribution >= 0.6 is 11.6 Å². The zero-order valence-electron chi connectivity index (χ0n) is 13.4. The Balaban J connectivity index is 2.07. The second-order valence-electron chi connectivity index (χ2n) is 5.16. The van der Waals surface area contributed by atoms with Gasteiger partial charge >= 0.3 is 0 Å². The summed E-state index contributed by atoms with van der Waals surface area (Å²) in [5.74, 6) is 0.678. The van der Waals surface area contributed by atoms with E-state index in [1.54, 1.807) is 30.3 Å². The van der Waals surface area contributed by atoms with Crippen molar-refractivity contribution >= 4 is 17.4 Å². The van der Waals surface area contributed by atoms with Gasteiger partial charge in [-0.25, -0.2) is 0 Å². The van der Waals surface area contributed by atoms with Crippen LogP contribution in [-0.4, -0.2) is 19.0 Å². The highest BCUT2D eigenvalue weighted by Gasteiger charge is 2.14. The van der Waals surface area contributed by atoms with Crippen LogP contribution in [0, 0.1) is 11.3 Å². The van der Waals surface area contributed by atoms with Gasteiger partial charge in [-0.15, -0.1) is 0 Å². The topological polar surface area (TPSA) is 59.3 Å². The lowest BCUT2D eigenvalue weighted by Gasteiger charge is -2.11. The monoisotopic (exact) mass is 343 g/mol. The van der Waals surface area contributed by atoms with Gasteiger partial charge in [0.05, 0.1) is 17.7 Å². The van der Waals surface area contributed by atoms with E-state index in [9.17, 15) is 4.79 Å². The van der Waals surface area contributed by atoms with Gasteiger partial charge in [0.15, 0.2) is 6.61 Å². The molecule has 0 aliphatic rings. The minimum absolute atomic E-state index is 0.176. The molecule has 2 aromatic rings.